The molecule has 1 aliphatic rings. The maximum Gasteiger partial charge on any atom is 0.137 e. The highest BCUT2D eigenvalue weighted by Gasteiger charge is 2.28. The lowest BCUT2D eigenvalue weighted by molar-refractivity contribution is 0.0514. The van der Waals surface area contributed by atoms with Crippen molar-refractivity contribution in [2.45, 2.75) is 25.4 Å². The van der Waals surface area contributed by atoms with E-state index < -0.39 is 6.10 Å². The average Bonchev–Trinajstić information content (AvgIpc) is 3.00. The molecule has 1 saturated heterocycles. The molecule has 0 bridgehead atoms. The summed E-state index contributed by atoms with van der Waals surface area (Å²) in [5.74, 6) is 1.08. The summed E-state index contributed by atoms with van der Waals surface area (Å²) in [5.41, 5.74) is 1.21. The topological polar surface area (TPSA) is 41.3 Å². The number of aryl methyl sites for hydroxylation is 1. The summed E-state index contributed by atoms with van der Waals surface area (Å²) in [4.78, 5) is 6.74. The van der Waals surface area contributed by atoms with Crippen LogP contribution in [0.1, 0.15) is 30.3 Å². The molecule has 0 amide bonds. The van der Waals surface area contributed by atoms with Crippen molar-refractivity contribution in [2.24, 2.45) is 13.0 Å². The number of imidazole rings is 1. The second kappa shape index (κ2) is 7.47. The molecule has 1 aliphatic heterocycles. The van der Waals surface area contributed by atoms with Crippen LogP contribution in [0.25, 0.3) is 0 Å². The lowest BCUT2D eigenvalue weighted by Gasteiger charge is -2.34. The molecule has 2 aromatic rings. The first-order valence-electron chi connectivity index (χ1n) is 8.26. The lowest BCUT2D eigenvalue weighted by Crippen LogP contribution is -2.37. The number of aliphatic hydroxyl groups excluding tert-OH is 1. The zero-order valence-corrected chi connectivity index (χ0v) is 14.3. The third kappa shape index (κ3) is 3.94. The molecule has 1 aromatic carbocycles. The molecule has 1 N–H and O–H groups in total. The molecule has 23 heavy (non-hydrogen) atoms. The zero-order valence-electron chi connectivity index (χ0n) is 13.5. The average molecular weight is 334 g/mol. The summed E-state index contributed by atoms with van der Waals surface area (Å²) in [6, 6.07) is 8.05. The van der Waals surface area contributed by atoms with E-state index in [-0.39, 0.29) is 0 Å². The first kappa shape index (κ1) is 16.5. The molecule has 0 spiro atoms. The van der Waals surface area contributed by atoms with Crippen LogP contribution < -0.4 is 0 Å². The van der Waals surface area contributed by atoms with Crippen molar-refractivity contribution in [1.82, 2.24) is 14.5 Å². The molecule has 2 heterocycles. The SMILES string of the molecule is Cn1ccnc1C(O)C1CCN(CCc2ccccc2Cl)CC1. The highest BCUT2D eigenvalue weighted by atomic mass is 35.5. The highest BCUT2D eigenvalue weighted by Crippen LogP contribution is 2.29. The van der Waals surface area contributed by atoms with Gasteiger partial charge in [0.25, 0.3) is 0 Å². The van der Waals surface area contributed by atoms with E-state index in [0.29, 0.717) is 5.92 Å². The van der Waals surface area contributed by atoms with Gasteiger partial charge in [0.15, 0.2) is 0 Å². The number of aliphatic hydroxyl groups is 1. The number of halogens is 1. The molecule has 1 aromatic heterocycles. The van der Waals surface area contributed by atoms with E-state index in [1.165, 1.54) is 5.56 Å². The Kier molecular flexibility index (Phi) is 5.36. The molecule has 5 heteroatoms. The fourth-order valence-electron chi connectivity index (χ4n) is 3.34. The predicted octanol–water partition coefficient (Wildman–Crippen LogP) is 3.06. The molecule has 1 unspecified atom stereocenters. The summed E-state index contributed by atoms with van der Waals surface area (Å²) in [7, 11) is 1.93. The Morgan fingerprint density at radius 2 is 2.04 bits per heavy atom. The van der Waals surface area contributed by atoms with E-state index in [9.17, 15) is 5.11 Å². The van der Waals surface area contributed by atoms with E-state index in [1.54, 1.807) is 6.20 Å². The molecule has 0 radical (unpaired) electrons. The van der Waals surface area contributed by atoms with Gasteiger partial charge >= 0.3 is 0 Å². The van der Waals surface area contributed by atoms with Gasteiger partial charge in [0.2, 0.25) is 0 Å². The van der Waals surface area contributed by atoms with Crippen LogP contribution in [0.3, 0.4) is 0 Å². The van der Waals surface area contributed by atoms with Crippen LogP contribution in [-0.4, -0.2) is 39.2 Å². The summed E-state index contributed by atoms with van der Waals surface area (Å²) in [6.07, 6.45) is 6.18. The van der Waals surface area contributed by atoms with Crippen LogP contribution in [0, 0.1) is 5.92 Å². The van der Waals surface area contributed by atoms with Gasteiger partial charge in [0.1, 0.15) is 11.9 Å². The van der Waals surface area contributed by atoms with E-state index in [2.05, 4.69) is 16.0 Å². The van der Waals surface area contributed by atoms with Gasteiger partial charge in [-0.3, -0.25) is 0 Å². The fourth-order valence-corrected chi connectivity index (χ4v) is 3.58. The van der Waals surface area contributed by atoms with Crippen molar-refractivity contribution in [3.05, 3.63) is 53.1 Å². The first-order valence-corrected chi connectivity index (χ1v) is 8.64. The second-order valence-electron chi connectivity index (χ2n) is 6.36. The Morgan fingerprint density at radius 3 is 2.70 bits per heavy atom. The molecule has 124 valence electrons. The summed E-state index contributed by atoms with van der Waals surface area (Å²) in [5, 5.41) is 11.4. The molecular weight excluding hydrogens is 310 g/mol. The summed E-state index contributed by atoms with van der Waals surface area (Å²) in [6.45, 7) is 3.07. The van der Waals surface area contributed by atoms with Crippen LogP contribution >= 0.6 is 11.6 Å². The van der Waals surface area contributed by atoms with Crippen molar-refractivity contribution in [3.63, 3.8) is 0 Å². The second-order valence-corrected chi connectivity index (χ2v) is 6.77. The van der Waals surface area contributed by atoms with E-state index >= 15 is 0 Å². The Hall–Kier alpha value is -1.36. The van der Waals surface area contributed by atoms with Gasteiger partial charge in [-0.2, -0.15) is 0 Å². The number of hydrogen-bond acceptors (Lipinski definition) is 3. The third-order valence-corrected chi connectivity index (χ3v) is 5.23. The standard InChI is InChI=1S/C18H24ClN3O/c1-21-13-9-20-18(21)17(23)15-7-11-22(12-8-15)10-6-14-4-2-3-5-16(14)19/h2-5,9,13,15,17,23H,6-8,10-12H2,1H3. The van der Waals surface area contributed by atoms with Crippen LogP contribution in [0.15, 0.2) is 36.7 Å². The molecule has 1 fully saturated rings. The maximum absolute atomic E-state index is 10.5. The summed E-state index contributed by atoms with van der Waals surface area (Å²) >= 11 is 6.22. The van der Waals surface area contributed by atoms with Gasteiger partial charge in [-0.25, -0.2) is 4.98 Å². The smallest absolute Gasteiger partial charge is 0.137 e. The fraction of sp³-hybridized carbons (Fsp3) is 0.500. The minimum atomic E-state index is -0.458. The van der Waals surface area contributed by atoms with E-state index in [0.717, 1.165) is 49.7 Å². The third-order valence-electron chi connectivity index (χ3n) is 4.86. The summed E-state index contributed by atoms with van der Waals surface area (Å²) < 4.78 is 1.91. The Labute approximate surface area is 142 Å². The van der Waals surface area contributed by atoms with Gasteiger partial charge < -0.3 is 14.6 Å². The lowest BCUT2D eigenvalue weighted by atomic mass is 9.90. The predicted molar refractivity (Wildman–Crippen MR) is 92.5 cm³/mol. The van der Waals surface area contributed by atoms with E-state index in [4.69, 9.17) is 11.6 Å². The van der Waals surface area contributed by atoms with Crippen molar-refractivity contribution < 1.29 is 5.11 Å². The number of likely N-dealkylation sites (tertiary alicyclic amines) is 1. The quantitative estimate of drug-likeness (QED) is 0.914. The van der Waals surface area contributed by atoms with Crippen molar-refractivity contribution in [2.75, 3.05) is 19.6 Å². The minimum absolute atomic E-state index is 0.299. The van der Waals surface area contributed by atoms with Crippen LogP contribution in [0.5, 0.6) is 0 Å². The normalized spacial score (nSPS) is 18.2. The maximum atomic E-state index is 10.5. The minimum Gasteiger partial charge on any atom is -0.385 e. The molecule has 1 atom stereocenters. The number of hydrogen-bond donors (Lipinski definition) is 1. The van der Waals surface area contributed by atoms with Crippen molar-refractivity contribution >= 4 is 11.6 Å². The number of piperidine rings is 1. The Morgan fingerprint density at radius 1 is 1.30 bits per heavy atom. The molecule has 3 rings (SSSR count). The zero-order chi connectivity index (χ0) is 16.2. The van der Waals surface area contributed by atoms with Crippen molar-refractivity contribution in [1.29, 1.82) is 0 Å². The van der Waals surface area contributed by atoms with Gasteiger partial charge in [0, 0.05) is 31.0 Å². The van der Waals surface area contributed by atoms with Crippen molar-refractivity contribution in [3.8, 4) is 0 Å². The first-order chi connectivity index (χ1) is 11.1. The molecule has 0 saturated carbocycles. The van der Waals surface area contributed by atoms with Gasteiger partial charge in [-0.05, 0) is 49.9 Å². The molecule has 0 aliphatic carbocycles. The van der Waals surface area contributed by atoms with E-state index in [1.807, 2.05) is 36.0 Å². The molecule has 4 nitrogen and oxygen atoms in total. The van der Waals surface area contributed by atoms with Gasteiger partial charge in [-0.15, -0.1) is 0 Å². The van der Waals surface area contributed by atoms with Crippen LogP contribution in [0.4, 0.5) is 0 Å². The molecular formula is C18H24ClN3O. The van der Waals surface area contributed by atoms with Crippen LogP contribution in [-0.2, 0) is 13.5 Å². The van der Waals surface area contributed by atoms with Gasteiger partial charge in [0.05, 0.1) is 0 Å². The Balaban J connectivity index is 1.49. The number of aromatic nitrogens is 2. The highest BCUT2D eigenvalue weighted by molar-refractivity contribution is 6.31. The number of nitrogens with zero attached hydrogens (tertiary/aromatic N) is 3. The Bertz CT molecular complexity index is 635. The van der Waals surface area contributed by atoms with Crippen LogP contribution in [0.2, 0.25) is 5.02 Å². The number of rotatable bonds is 5. The largest absolute Gasteiger partial charge is 0.385 e. The monoisotopic (exact) mass is 333 g/mol. The number of benzene rings is 1. The van der Waals surface area contributed by atoms with Gasteiger partial charge in [-0.1, -0.05) is 29.8 Å².